The molecule has 0 spiro atoms. The molecular weight excluding hydrogens is 361 g/mol. The largest absolute Gasteiger partial charge is 0.494 e. The Bertz CT molecular complexity index is 704. The number of unbranched alkanes of at least 4 members (excludes halogenated alkanes) is 1. The molecule has 4 nitrogen and oxygen atoms in total. The van der Waals surface area contributed by atoms with Crippen molar-refractivity contribution in [1.82, 2.24) is 0 Å². The summed E-state index contributed by atoms with van der Waals surface area (Å²) >= 11 is 11.9. The van der Waals surface area contributed by atoms with E-state index in [1.165, 1.54) is 0 Å². The van der Waals surface area contributed by atoms with E-state index in [1.54, 1.807) is 37.3 Å². The molecule has 0 saturated heterocycles. The Hall–Kier alpha value is -1.91. The smallest absolute Gasteiger partial charge is 0.265 e. The molecule has 0 bridgehead atoms. The molecular formula is C19H21Cl2NO3. The Balaban J connectivity index is 1.89. The van der Waals surface area contributed by atoms with E-state index in [2.05, 4.69) is 12.2 Å². The van der Waals surface area contributed by atoms with Gasteiger partial charge in [-0.25, -0.2) is 0 Å². The van der Waals surface area contributed by atoms with E-state index in [9.17, 15) is 4.79 Å². The minimum atomic E-state index is -0.709. The number of halogens is 2. The van der Waals surface area contributed by atoms with Gasteiger partial charge in [0.1, 0.15) is 11.5 Å². The quantitative estimate of drug-likeness (QED) is 0.607. The fraction of sp³-hybridized carbons (Fsp3) is 0.316. The fourth-order valence-corrected chi connectivity index (χ4v) is 2.48. The van der Waals surface area contributed by atoms with Crippen LogP contribution in [0.3, 0.4) is 0 Å². The highest BCUT2D eigenvalue weighted by Gasteiger charge is 2.16. The third-order valence-electron chi connectivity index (χ3n) is 3.46. The molecule has 134 valence electrons. The van der Waals surface area contributed by atoms with E-state index in [4.69, 9.17) is 32.7 Å². The lowest BCUT2D eigenvalue weighted by atomic mass is 10.2. The molecule has 0 saturated carbocycles. The Morgan fingerprint density at radius 1 is 1.16 bits per heavy atom. The molecule has 0 aliphatic rings. The van der Waals surface area contributed by atoms with Crippen molar-refractivity contribution in [3.8, 4) is 11.5 Å². The topological polar surface area (TPSA) is 47.6 Å². The summed E-state index contributed by atoms with van der Waals surface area (Å²) in [5, 5.41) is 3.67. The number of rotatable bonds is 8. The highest BCUT2D eigenvalue weighted by atomic mass is 35.5. The van der Waals surface area contributed by atoms with Gasteiger partial charge in [0.05, 0.1) is 11.6 Å². The molecule has 0 unspecified atom stereocenters. The van der Waals surface area contributed by atoms with Crippen LogP contribution < -0.4 is 14.8 Å². The first-order valence-corrected chi connectivity index (χ1v) is 8.90. The van der Waals surface area contributed by atoms with Crippen LogP contribution in [0.1, 0.15) is 26.7 Å². The zero-order valence-electron chi connectivity index (χ0n) is 14.2. The number of amides is 1. The predicted octanol–water partition coefficient (Wildman–Crippen LogP) is 5.58. The lowest BCUT2D eigenvalue weighted by Crippen LogP contribution is -2.30. The molecule has 0 aliphatic carbocycles. The van der Waals surface area contributed by atoms with Crippen LogP contribution >= 0.6 is 23.2 Å². The molecule has 0 radical (unpaired) electrons. The Morgan fingerprint density at radius 2 is 1.88 bits per heavy atom. The lowest BCUT2D eigenvalue weighted by Gasteiger charge is -2.16. The first kappa shape index (κ1) is 19.4. The zero-order chi connectivity index (χ0) is 18.2. The van der Waals surface area contributed by atoms with Crippen molar-refractivity contribution in [3.63, 3.8) is 0 Å². The molecule has 25 heavy (non-hydrogen) atoms. The molecule has 1 N–H and O–H groups in total. The van der Waals surface area contributed by atoms with Gasteiger partial charge in [-0.3, -0.25) is 4.79 Å². The van der Waals surface area contributed by atoms with Gasteiger partial charge in [-0.2, -0.15) is 0 Å². The maximum Gasteiger partial charge on any atom is 0.265 e. The summed E-state index contributed by atoms with van der Waals surface area (Å²) in [4.78, 5) is 12.3. The van der Waals surface area contributed by atoms with Gasteiger partial charge in [0.25, 0.3) is 5.91 Å². The summed E-state index contributed by atoms with van der Waals surface area (Å²) in [5.41, 5.74) is 0.672. The SMILES string of the molecule is CCCCOc1ccc(NC(=O)[C@@H](C)Oc2ccc(Cl)cc2Cl)cc1. The van der Waals surface area contributed by atoms with Crippen molar-refractivity contribution in [2.45, 2.75) is 32.8 Å². The van der Waals surface area contributed by atoms with Gasteiger partial charge in [-0.05, 0) is 55.8 Å². The second-order valence-corrected chi connectivity index (χ2v) is 6.39. The zero-order valence-corrected chi connectivity index (χ0v) is 15.7. The van der Waals surface area contributed by atoms with Crippen molar-refractivity contribution < 1.29 is 14.3 Å². The van der Waals surface area contributed by atoms with Crippen molar-refractivity contribution >= 4 is 34.8 Å². The van der Waals surface area contributed by atoms with E-state index in [-0.39, 0.29) is 5.91 Å². The molecule has 0 fully saturated rings. The van der Waals surface area contributed by atoms with Crippen molar-refractivity contribution in [3.05, 3.63) is 52.5 Å². The van der Waals surface area contributed by atoms with E-state index < -0.39 is 6.10 Å². The molecule has 1 atom stereocenters. The summed E-state index contributed by atoms with van der Waals surface area (Å²) in [6, 6.07) is 12.1. The monoisotopic (exact) mass is 381 g/mol. The predicted molar refractivity (Wildman–Crippen MR) is 102 cm³/mol. The normalized spacial score (nSPS) is 11.7. The Kier molecular flexibility index (Phi) is 7.41. The van der Waals surface area contributed by atoms with E-state index >= 15 is 0 Å². The lowest BCUT2D eigenvalue weighted by molar-refractivity contribution is -0.122. The molecule has 0 aliphatic heterocycles. The summed E-state index contributed by atoms with van der Waals surface area (Å²) < 4.78 is 11.2. The van der Waals surface area contributed by atoms with E-state index in [0.717, 1.165) is 18.6 Å². The van der Waals surface area contributed by atoms with Gasteiger partial charge < -0.3 is 14.8 Å². The fourth-order valence-electron chi connectivity index (χ4n) is 2.03. The average Bonchev–Trinajstić information content (AvgIpc) is 2.59. The maximum absolute atomic E-state index is 12.3. The van der Waals surface area contributed by atoms with Crippen molar-refractivity contribution in [2.24, 2.45) is 0 Å². The molecule has 2 aromatic carbocycles. The number of benzene rings is 2. The van der Waals surface area contributed by atoms with E-state index in [0.29, 0.717) is 28.1 Å². The second-order valence-electron chi connectivity index (χ2n) is 5.55. The van der Waals surface area contributed by atoms with Gasteiger partial charge in [0.15, 0.2) is 6.10 Å². The number of anilines is 1. The van der Waals surface area contributed by atoms with Crippen molar-refractivity contribution in [1.29, 1.82) is 0 Å². The number of carbonyl (C=O) groups excluding carboxylic acids is 1. The van der Waals surface area contributed by atoms with Crippen LogP contribution in [0.5, 0.6) is 11.5 Å². The Morgan fingerprint density at radius 3 is 2.52 bits per heavy atom. The van der Waals surface area contributed by atoms with E-state index in [1.807, 2.05) is 12.1 Å². The summed E-state index contributed by atoms with van der Waals surface area (Å²) in [5.74, 6) is 0.919. The summed E-state index contributed by atoms with van der Waals surface area (Å²) in [6.07, 6.45) is 1.39. The maximum atomic E-state index is 12.3. The molecule has 2 rings (SSSR count). The van der Waals surface area contributed by atoms with Crippen LogP contribution in [0, 0.1) is 0 Å². The first-order valence-electron chi connectivity index (χ1n) is 8.15. The van der Waals surface area contributed by atoms with Crippen LogP contribution in [0.2, 0.25) is 10.0 Å². The highest BCUT2D eigenvalue weighted by Crippen LogP contribution is 2.28. The van der Waals surface area contributed by atoms with Crippen LogP contribution in [0.15, 0.2) is 42.5 Å². The molecule has 6 heteroatoms. The summed E-state index contributed by atoms with van der Waals surface area (Å²) in [6.45, 7) is 4.46. The van der Waals surface area contributed by atoms with Gasteiger partial charge in [0, 0.05) is 10.7 Å². The van der Waals surface area contributed by atoms with Crippen LogP contribution in [-0.4, -0.2) is 18.6 Å². The molecule has 2 aromatic rings. The average molecular weight is 382 g/mol. The summed E-state index contributed by atoms with van der Waals surface area (Å²) in [7, 11) is 0. The number of hydrogen-bond donors (Lipinski definition) is 1. The van der Waals surface area contributed by atoms with Gasteiger partial charge in [-0.1, -0.05) is 36.5 Å². The van der Waals surface area contributed by atoms with Crippen LogP contribution in [0.4, 0.5) is 5.69 Å². The highest BCUT2D eigenvalue weighted by molar-refractivity contribution is 6.35. The number of hydrogen-bond acceptors (Lipinski definition) is 3. The second kappa shape index (κ2) is 9.54. The van der Waals surface area contributed by atoms with Gasteiger partial charge >= 0.3 is 0 Å². The first-order chi connectivity index (χ1) is 12.0. The number of nitrogens with one attached hydrogen (secondary N) is 1. The third kappa shape index (κ3) is 6.15. The number of carbonyl (C=O) groups is 1. The van der Waals surface area contributed by atoms with Crippen molar-refractivity contribution in [2.75, 3.05) is 11.9 Å². The van der Waals surface area contributed by atoms with Crippen LogP contribution in [0.25, 0.3) is 0 Å². The molecule has 0 heterocycles. The number of ether oxygens (including phenoxy) is 2. The minimum Gasteiger partial charge on any atom is -0.494 e. The molecule has 1 amide bonds. The standard InChI is InChI=1S/C19H21Cl2NO3/c1-3-4-11-24-16-8-6-15(7-9-16)22-19(23)13(2)25-18-10-5-14(20)12-17(18)21/h5-10,12-13H,3-4,11H2,1-2H3,(H,22,23)/t13-/m1/s1. The van der Waals surface area contributed by atoms with Crippen LogP contribution in [-0.2, 0) is 4.79 Å². The molecule has 0 aromatic heterocycles. The minimum absolute atomic E-state index is 0.273. The van der Waals surface area contributed by atoms with Gasteiger partial charge in [-0.15, -0.1) is 0 Å². The third-order valence-corrected chi connectivity index (χ3v) is 3.99. The van der Waals surface area contributed by atoms with Gasteiger partial charge in [0.2, 0.25) is 0 Å². The Labute approximate surface area is 158 Å².